The molecule has 0 bridgehead atoms. The highest BCUT2D eigenvalue weighted by Crippen LogP contribution is 2.33. The van der Waals surface area contributed by atoms with Gasteiger partial charge in [0.2, 0.25) is 0 Å². The number of thioether (sulfide) groups is 1. The Morgan fingerprint density at radius 1 is 1.27 bits per heavy atom. The van der Waals surface area contributed by atoms with Crippen molar-refractivity contribution in [3.63, 3.8) is 0 Å². The summed E-state index contributed by atoms with van der Waals surface area (Å²) in [5.41, 5.74) is 0. The third-order valence-electron chi connectivity index (χ3n) is 3.33. The molecule has 0 spiro atoms. The molecule has 26 heavy (non-hydrogen) atoms. The van der Waals surface area contributed by atoms with E-state index < -0.39 is 10.0 Å². The highest BCUT2D eigenvalue weighted by molar-refractivity contribution is 8.19. The molecule has 0 saturated carbocycles. The number of amides is 1. The molecular weight excluding hydrogens is 396 g/mol. The Balaban J connectivity index is 1.98. The van der Waals surface area contributed by atoms with Crippen molar-refractivity contribution in [2.45, 2.75) is 4.90 Å². The predicted octanol–water partition coefficient (Wildman–Crippen LogP) is 3.78. The molecule has 6 nitrogen and oxygen atoms in total. The topological polar surface area (TPSA) is 80.0 Å². The van der Waals surface area contributed by atoms with E-state index in [-0.39, 0.29) is 22.5 Å². The molecule has 1 aromatic carbocycles. The smallest absolute Gasteiger partial charge is 0.284 e. The lowest BCUT2D eigenvalue weighted by Gasteiger charge is -2.12. The molecule has 1 amide bonds. The van der Waals surface area contributed by atoms with Gasteiger partial charge >= 0.3 is 0 Å². The van der Waals surface area contributed by atoms with Crippen LogP contribution in [0.2, 0.25) is 5.02 Å². The number of halogens is 1. The molecule has 0 aliphatic carbocycles. The summed E-state index contributed by atoms with van der Waals surface area (Å²) in [6.45, 7) is 3.73. The second-order valence-corrected chi connectivity index (χ2v) is 8.18. The second kappa shape index (κ2) is 7.53. The van der Waals surface area contributed by atoms with Gasteiger partial charge in [0, 0.05) is 17.6 Å². The number of furan rings is 1. The van der Waals surface area contributed by atoms with E-state index in [1.54, 1.807) is 18.2 Å². The highest BCUT2D eigenvalue weighted by Gasteiger charge is 2.34. The fourth-order valence-corrected chi connectivity index (χ4v) is 4.43. The van der Waals surface area contributed by atoms with Crippen molar-refractivity contribution in [3.8, 4) is 0 Å². The van der Waals surface area contributed by atoms with Gasteiger partial charge in [0.15, 0.2) is 5.17 Å². The van der Waals surface area contributed by atoms with Crippen LogP contribution in [0.3, 0.4) is 0 Å². The third-order valence-corrected chi connectivity index (χ3v) is 5.98. The molecule has 1 aliphatic rings. The minimum absolute atomic E-state index is 0.00975. The summed E-state index contributed by atoms with van der Waals surface area (Å²) in [6.07, 6.45) is 4.53. The minimum atomic E-state index is -3.99. The Hall–Kier alpha value is -2.29. The molecule has 1 saturated heterocycles. The predicted molar refractivity (Wildman–Crippen MR) is 102 cm³/mol. The summed E-state index contributed by atoms with van der Waals surface area (Å²) >= 11 is 6.75. The number of benzene rings is 1. The first-order chi connectivity index (χ1) is 12.4. The van der Waals surface area contributed by atoms with Gasteiger partial charge in [-0.2, -0.15) is 8.42 Å². The zero-order valence-electron chi connectivity index (χ0n) is 13.3. The van der Waals surface area contributed by atoms with E-state index in [1.165, 1.54) is 41.5 Å². The number of hydrogen-bond acceptors (Lipinski definition) is 5. The van der Waals surface area contributed by atoms with Crippen LogP contribution in [0.5, 0.6) is 0 Å². The first kappa shape index (κ1) is 18.5. The fraction of sp³-hybridized carbons (Fsp3) is 0.0588. The number of hydrogen-bond donors (Lipinski definition) is 0. The van der Waals surface area contributed by atoms with Gasteiger partial charge in [-0.1, -0.05) is 17.7 Å². The van der Waals surface area contributed by atoms with Crippen molar-refractivity contribution in [1.29, 1.82) is 0 Å². The Kier molecular flexibility index (Phi) is 5.36. The largest absolute Gasteiger partial charge is 0.465 e. The van der Waals surface area contributed by atoms with Crippen LogP contribution < -0.4 is 0 Å². The molecule has 2 aromatic rings. The van der Waals surface area contributed by atoms with Crippen molar-refractivity contribution < 1.29 is 17.6 Å². The van der Waals surface area contributed by atoms with E-state index in [2.05, 4.69) is 11.0 Å². The first-order valence-electron chi connectivity index (χ1n) is 7.37. The van der Waals surface area contributed by atoms with Crippen LogP contribution in [-0.4, -0.2) is 30.9 Å². The molecule has 134 valence electrons. The maximum Gasteiger partial charge on any atom is 0.284 e. The van der Waals surface area contributed by atoms with Crippen molar-refractivity contribution in [2.24, 2.45) is 4.40 Å². The maximum absolute atomic E-state index is 12.6. The van der Waals surface area contributed by atoms with Crippen molar-refractivity contribution in [2.75, 3.05) is 6.54 Å². The van der Waals surface area contributed by atoms with Gasteiger partial charge in [-0.15, -0.1) is 11.0 Å². The lowest BCUT2D eigenvalue weighted by molar-refractivity contribution is -0.121. The Morgan fingerprint density at radius 2 is 2.00 bits per heavy atom. The number of nitrogens with zero attached hydrogens (tertiary/aromatic N) is 2. The van der Waals surface area contributed by atoms with E-state index >= 15 is 0 Å². The summed E-state index contributed by atoms with van der Waals surface area (Å²) in [7, 11) is -3.99. The Bertz CT molecular complexity index is 994. The molecule has 9 heteroatoms. The second-order valence-electron chi connectivity index (χ2n) is 5.13. The average Bonchev–Trinajstić information content (AvgIpc) is 3.20. The summed E-state index contributed by atoms with van der Waals surface area (Å²) in [6, 6.07) is 9.04. The normalized spacial score (nSPS) is 18.0. The number of carbonyl (C=O) groups excluding carboxylic acids is 1. The maximum atomic E-state index is 12.6. The van der Waals surface area contributed by atoms with Crippen molar-refractivity contribution in [1.82, 2.24) is 4.90 Å². The van der Waals surface area contributed by atoms with Crippen LogP contribution in [0.15, 0.2) is 73.9 Å². The SMILES string of the molecule is C=CCN1C(=O)/C(=C/c2ccco2)SC1=NS(=O)(=O)c1ccc(Cl)cc1. The van der Waals surface area contributed by atoms with Crippen LogP contribution >= 0.6 is 23.4 Å². The molecule has 0 N–H and O–H groups in total. The fourth-order valence-electron chi connectivity index (χ4n) is 2.13. The molecule has 1 fully saturated rings. The molecule has 0 radical (unpaired) electrons. The number of rotatable bonds is 5. The van der Waals surface area contributed by atoms with E-state index in [0.29, 0.717) is 15.7 Å². The Morgan fingerprint density at radius 3 is 2.62 bits per heavy atom. The van der Waals surface area contributed by atoms with Gasteiger partial charge in [-0.3, -0.25) is 9.69 Å². The van der Waals surface area contributed by atoms with Gasteiger partial charge in [-0.05, 0) is 48.2 Å². The van der Waals surface area contributed by atoms with Crippen LogP contribution in [0, 0.1) is 0 Å². The van der Waals surface area contributed by atoms with Gasteiger partial charge < -0.3 is 4.42 Å². The lowest BCUT2D eigenvalue weighted by Crippen LogP contribution is -2.29. The molecule has 1 aromatic heterocycles. The monoisotopic (exact) mass is 408 g/mol. The average molecular weight is 409 g/mol. The molecule has 2 heterocycles. The number of carbonyl (C=O) groups is 1. The molecular formula is C17H13ClN2O4S2. The quantitative estimate of drug-likeness (QED) is 0.555. The molecule has 1 aliphatic heterocycles. The molecule has 0 atom stereocenters. The molecule has 0 unspecified atom stereocenters. The van der Waals surface area contributed by atoms with Gasteiger partial charge in [0.25, 0.3) is 15.9 Å². The highest BCUT2D eigenvalue weighted by atomic mass is 35.5. The van der Waals surface area contributed by atoms with Gasteiger partial charge in [0.05, 0.1) is 16.1 Å². The lowest BCUT2D eigenvalue weighted by atomic mass is 10.3. The first-order valence-corrected chi connectivity index (χ1v) is 10.0. The Labute approximate surface area is 159 Å². The van der Waals surface area contributed by atoms with Gasteiger partial charge in [-0.25, -0.2) is 0 Å². The van der Waals surface area contributed by atoms with E-state index in [4.69, 9.17) is 16.0 Å². The summed E-state index contributed by atoms with van der Waals surface area (Å²) in [5, 5.41) is 0.474. The van der Waals surface area contributed by atoms with Crippen LogP contribution in [-0.2, 0) is 14.8 Å². The zero-order valence-corrected chi connectivity index (χ0v) is 15.7. The van der Waals surface area contributed by atoms with E-state index in [9.17, 15) is 13.2 Å². The summed E-state index contributed by atoms with van der Waals surface area (Å²) < 4.78 is 34.1. The minimum Gasteiger partial charge on any atom is -0.465 e. The van der Waals surface area contributed by atoms with Crippen LogP contribution in [0.4, 0.5) is 0 Å². The standard InChI is InChI=1S/C17H13ClN2O4S2/c1-2-9-20-16(21)15(11-13-4-3-10-24-13)25-17(20)19-26(22,23)14-7-5-12(18)6-8-14/h2-8,10-11H,1,9H2/b15-11-,19-17?. The van der Waals surface area contributed by atoms with E-state index in [1.807, 2.05) is 0 Å². The number of amidine groups is 1. The van der Waals surface area contributed by atoms with E-state index in [0.717, 1.165) is 11.8 Å². The van der Waals surface area contributed by atoms with Crippen molar-refractivity contribution >= 4 is 50.5 Å². The summed E-state index contributed by atoms with van der Waals surface area (Å²) in [5.74, 6) is 0.123. The third kappa shape index (κ3) is 3.92. The summed E-state index contributed by atoms with van der Waals surface area (Å²) in [4.78, 5) is 14.1. The van der Waals surface area contributed by atoms with Gasteiger partial charge in [0.1, 0.15) is 5.76 Å². The zero-order chi connectivity index (χ0) is 18.7. The van der Waals surface area contributed by atoms with Crippen LogP contribution in [0.25, 0.3) is 6.08 Å². The number of sulfonamides is 1. The molecule has 3 rings (SSSR count). The van der Waals surface area contributed by atoms with Crippen molar-refractivity contribution in [3.05, 3.63) is 71.0 Å². The van der Waals surface area contributed by atoms with Crippen LogP contribution in [0.1, 0.15) is 5.76 Å².